The molecular formula is C31H28O8. The van der Waals surface area contributed by atoms with Gasteiger partial charge in [-0.3, -0.25) is 0 Å². The molecule has 8 heteroatoms. The highest BCUT2D eigenvalue weighted by Crippen LogP contribution is 2.32. The number of carbonyl (C=O) groups is 3. The van der Waals surface area contributed by atoms with E-state index >= 15 is 0 Å². The van der Waals surface area contributed by atoms with Crippen molar-refractivity contribution in [2.45, 2.75) is 13.8 Å². The zero-order valence-electron chi connectivity index (χ0n) is 21.7. The number of ether oxygens (including phenoxy) is 5. The second-order valence-corrected chi connectivity index (χ2v) is 8.32. The summed E-state index contributed by atoms with van der Waals surface area (Å²) in [5.74, 6) is -0.305. The van der Waals surface area contributed by atoms with Crippen molar-refractivity contribution in [3.8, 4) is 39.9 Å². The Bertz CT molecular complexity index is 1390. The fourth-order valence-electron chi connectivity index (χ4n) is 3.05. The van der Waals surface area contributed by atoms with Crippen molar-refractivity contribution in [2.75, 3.05) is 13.2 Å². The van der Waals surface area contributed by atoms with Crippen LogP contribution in [0.4, 0.5) is 0 Å². The summed E-state index contributed by atoms with van der Waals surface area (Å²) < 4.78 is 27.0. The lowest BCUT2D eigenvalue weighted by molar-refractivity contribution is -0.132. The summed E-state index contributed by atoms with van der Waals surface area (Å²) in [6, 6.07) is 19.1. The molecule has 0 spiro atoms. The van der Waals surface area contributed by atoms with Crippen molar-refractivity contribution in [2.24, 2.45) is 0 Å². The van der Waals surface area contributed by atoms with Crippen LogP contribution in [0.2, 0.25) is 0 Å². The summed E-state index contributed by atoms with van der Waals surface area (Å²) in [4.78, 5) is 35.2. The average Bonchev–Trinajstić information content (AvgIpc) is 2.93. The third-order valence-corrected chi connectivity index (χ3v) is 5.07. The fraction of sp³-hybridized carbons (Fsp3) is 0.129. The van der Waals surface area contributed by atoms with Gasteiger partial charge in [-0.1, -0.05) is 44.0 Å². The first-order chi connectivity index (χ1) is 18.7. The third kappa shape index (κ3) is 8.46. The zero-order chi connectivity index (χ0) is 28.4. The smallest absolute Gasteiger partial charge is 0.338 e. The van der Waals surface area contributed by atoms with Gasteiger partial charge in [0.05, 0.1) is 0 Å². The third-order valence-electron chi connectivity index (χ3n) is 5.07. The van der Waals surface area contributed by atoms with Crippen molar-refractivity contribution < 1.29 is 38.1 Å². The van der Waals surface area contributed by atoms with E-state index in [4.69, 9.17) is 23.7 Å². The van der Waals surface area contributed by atoms with Gasteiger partial charge in [-0.05, 0) is 61.4 Å². The number of rotatable bonds is 12. The summed E-state index contributed by atoms with van der Waals surface area (Å²) >= 11 is 0. The second kappa shape index (κ2) is 13.4. The molecule has 0 fully saturated rings. The van der Waals surface area contributed by atoms with Gasteiger partial charge in [0.2, 0.25) is 0 Å². The van der Waals surface area contributed by atoms with Crippen LogP contribution in [0.15, 0.2) is 104 Å². The summed E-state index contributed by atoms with van der Waals surface area (Å²) in [6.07, 6.45) is 0.994. The highest BCUT2D eigenvalue weighted by atomic mass is 16.6. The predicted octanol–water partition coefficient (Wildman–Crippen LogP) is 5.87. The van der Waals surface area contributed by atoms with Crippen molar-refractivity contribution in [3.05, 3.63) is 104 Å². The van der Waals surface area contributed by atoms with Crippen molar-refractivity contribution in [1.29, 1.82) is 0 Å². The molecule has 3 aromatic carbocycles. The van der Waals surface area contributed by atoms with E-state index in [-0.39, 0.29) is 30.3 Å². The first kappa shape index (κ1) is 28.5. The lowest BCUT2D eigenvalue weighted by Crippen LogP contribution is -2.12. The Morgan fingerprint density at radius 3 is 1.67 bits per heavy atom. The van der Waals surface area contributed by atoms with E-state index in [1.807, 2.05) is 36.4 Å². The Morgan fingerprint density at radius 1 is 0.641 bits per heavy atom. The molecule has 0 saturated heterocycles. The molecule has 0 radical (unpaired) electrons. The molecule has 0 aromatic heterocycles. The van der Waals surface area contributed by atoms with Gasteiger partial charge in [-0.25, -0.2) is 14.4 Å². The Balaban J connectivity index is 1.54. The first-order valence-corrected chi connectivity index (χ1v) is 11.9. The fourth-order valence-corrected chi connectivity index (χ4v) is 3.05. The van der Waals surface area contributed by atoms with Gasteiger partial charge in [-0.15, -0.1) is 0 Å². The van der Waals surface area contributed by atoms with Crippen molar-refractivity contribution >= 4 is 17.9 Å². The molecule has 0 aliphatic rings. The minimum absolute atomic E-state index is 0.00511. The molecule has 0 atom stereocenters. The van der Waals surface area contributed by atoms with Gasteiger partial charge in [0, 0.05) is 23.3 Å². The van der Waals surface area contributed by atoms with Crippen LogP contribution in [0.1, 0.15) is 13.8 Å². The zero-order valence-corrected chi connectivity index (χ0v) is 21.7. The number of benzene rings is 3. The molecule has 8 nitrogen and oxygen atoms in total. The number of hydrogen-bond acceptors (Lipinski definition) is 8. The van der Waals surface area contributed by atoms with E-state index in [1.165, 1.54) is 19.1 Å². The van der Waals surface area contributed by atoms with Crippen LogP contribution in [-0.4, -0.2) is 31.1 Å². The summed E-state index contributed by atoms with van der Waals surface area (Å²) in [6.45, 7) is 14.0. The van der Waals surface area contributed by atoms with Crippen LogP contribution in [0.25, 0.3) is 11.1 Å². The van der Waals surface area contributed by atoms with Gasteiger partial charge in [-0.2, -0.15) is 0 Å². The minimum Gasteiger partial charge on any atom is -0.490 e. The van der Waals surface area contributed by atoms with Gasteiger partial charge in [0.15, 0.2) is 11.5 Å². The molecule has 0 bridgehead atoms. The van der Waals surface area contributed by atoms with E-state index < -0.39 is 17.9 Å². The maximum absolute atomic E-state index is 11.9. The Morgan fingerprint density at radius 2 is 1.13 bits per heavy atom. The first-order valence-electron chi connectivity index (χ1n) is 11.9. The predicted molar refractivity (Wildman–Crippen MR) is 146 cm³/mol. The van der Waals surface area contributed by atoms with E-state index in [2.05, 4.69) is 19.7 Å². The molecule has 39 heavy (non-hydrogen) atoms. The summed E-state index contributed by atoms with van der Waals surface area (Å²) in [7, 11) is 0. The molecule has 3 aromatic rings. The molecule has 200 valence electrons. The highest BCUT2D eigenvalue weighted by Gasteiger charge is 2.15. The molecule has 0 amide bonds. The monoisotopic (exact) mass is 528 g/mol. The van der Waals surface area contributed by atoms with Crippen LogP contribution in [0, 0.1) is 0 Å². The summed E-state index contributed by atoms with van der Waals surface area (Å²) in [5, 5.41) is 0. The average molecular weight is 529 g/mol. The standard InChI is InChI=1S/C31H28O8/c1-6-29(32)38-28-19-26(15-16-27(28)39-31(34)21(4)5)36-18-17-35-24-11-7-22(8-12-24)23-9-13-25(14-10-23)37-30(33)20(2)3/h6-16,19H,1-2,4,17-18H2,3,5H3. The molecule has 0 unspecified atom stereocenters. The molecule has 3 rings (SSSR count). The molecule has 0 N–H and O–H groups in total. The largest absolute Gasteiger partial charge is 0.490 e. The SMILES string of the molecule is C=CC(=O)Oc1cc(OCCOc2ccc(-c3ccc(OC(=O)C(=C)C)cc3)cc2)ccc1OC(=O)C(=C)C. The second-order valence-electron chi connectivity index (χ2n) is 8.32. The highest BCUT2D eigenvalue weighted by molar-refractivity contribution is 5.90. The van der Waals surface area contributed by atoms with Gasteiger partial charge in [0.25, 0.3) is 0 Å². The molecule has 0 aliphatic carbocycles. The lowest BCUT2D eigenvalue weighted by Gasteiger charge is -2.13. The number of hydrogen-bond donors (Lipinski definition) is 0. The summed E-state index contributed by atoms with van der Waals surface area (Å²) in [5.41, 5.74) is 2.44. The quantitative estimate of drug-likeness (QED) is 0.125. The van der Waals surface area contributed by atoms with Crippen LogP contribution < -0.4 is 23.7 Å². The minimum atomic E-state index is -0.714. The van der Waals surface area contributed by atoms with Crippen LogP contribution in [0.5, 0.6) is 28.7 Å². The molecule has 0 heterocycles. The van der Waals surface area contributed by atoms with Gasteiger partial charge in [0.1, 0.15) is 30.5 Å². The topological polar surface area (TPSA) is 97.4 Å². The Labute approximate surface area is 226 Å². The number of esters is 3. The lowest BCUT2D eigenvalue weighted by atomic mass is 10.1. The van der Waals surface area contributed by atoms with E-state index in [9.17, 15) is 14.4 Å². The van der Waals surface area contributed by atoms with Crippen molar-refractivity contribution in [1.82, 2.24) is 0 Å². The maximum Gasteiger partial charge on any atom is 0.338 e. The Hall–Kier alpha value is -5.11. The van der Waals surface area contributed by atoms with E-state index in [0.717, 1.165) is 17.2 Å². The van der Waals surface area contributed by atoms with Crippen LogP contribution in [-0.2, 0) is 14.4 Å². The Kier molecular flexibility index (Phi) is 9.81. The van der Waals surface area contributed by atoms with E-state index in [0.29, 0.717) is 22.8 Å². The van der Waals surface area contributed by atoms with Gasteiger partial charge < -0.3 is 23.7 Å². The van der Waals surface area contributed by atoms with Crippen molar-refractivity contribution in [3.63, 3.8) is 0 Å². The van der Waals surface area contributed by atoms with E-state index in [1.54, 1.807) is 25.1 Å². The molecule has 0 saturated carbocycles. The molecular weight excluding hydrogens is 500 g/mol. The normalized spacial score (nSPS) is 10.1. The van der Waals surface area contributed by atoms with Crippen LogP contribution >= 0.6 is 0 Å². The van der Waals surface area contributed by atoms with Crippen LogP contribution in [0.3, 0.4) is 0 Å². The molecule has 0 aliphatic heterocycles. The van der Waals surface area contributed by atoms with Gasteiger partial charge >= 0.3 is 17.9 Å². The number of carbonyl (C=O) groups excluding carboxylic acids is 3. The maximum atomic E-state index is 11.9.